The maximum Gasteiger partial charge on any atom is 0.338 e. The summed E-state index contributed by atoms with van der Waals surface area (Å²) in [4.78, 5) is 12.7. The number of phenols is 5. The van der Waals surface area contributed by atoms with Crippen molar-refractivity contribution >= 4 is 5.97 Å². The summed E-state index contributed by atoms with van der Waals surface area (Å²) in [5.41, 5.74) is 0.522. The van der Waals surface area contributed by atoms with Crippen LogP contribution < -0.4 is 4.74 Å². The molecule has 2 aliphatic rings. The van der Waals surface area contributed by atoms with E-state index in [-0.39, 0.29) is 47.0 Å². The van der Waals surface area contributed by atoms with Gasteiger partial charge in [0.1, 0.15) is 35.2 Å². The number of phenolic OH excluding ortho intramolecular Hbond substituents is 5. The number of allylic oxidation sites excluding steroid dienone is 2. The second-order valence-electron chi connectivity index (χ2n) is 7.54. The summed E-state index contributed by atoms with van der Waals surface area (Å²) in [5.74, 6) is -3.75. The molecule has 10 heteroatoms. The average Bonchev–Trinajstić information content (AvgIpc) is 2.73. The van der Waals surface area contributed by atoms with Gasteiger partial charge in [0.15, 0.2) is 23.4 Å². The van der Waals surface area contributed by atoms with E-state index >= 15 is 0 Å². The van der Waals surface area contributed by atoms with E-state index in [2.05, 4.69) is 0 Å². The summed E-state index contributed by atoms with van der Waals surface area (Å²) in [6, 6.07) is 4.25. The summed E-state index contributed by atoms with van der Waals surface area (Å²) in [6.45, 7) is 0. The number of fused-ring (bicyclic) bond motifs is 1. The number of ether oxygens (including phenoxy) is 2. The molecule has 32 heavy (non-hydrogen) atoms. The van der Waals surface area contributed by atoms with E-state index < -0.39 is 41.5 Å². The van der Waals surface area contributed by atoms with Gasteiger partial charge in [0.2, 0.25) is 0 Å². The maximum atomic E-state index is 12.7. The predicted molar refractivity (Wildman–Crippen MR) is 108 cm³/mol. The van der Waals surface area contributed by atoms with Crippen LogP contribution in [-0.4, -0.2) is 60.0 Å². The fourth-order valence-corrected chi connectivity index (χ4v) is 3.70. The minimum Gasteiger partial charge on any atom is -0.510 e. The molecule has 0 fully saturated rings. The third-order valence-corrected chi connectivity index (χ3v) is 5.33. The normalized spacial score (nSPS) is 22.2. The van der Waals surface area contributed by atoms with Gasteiger partial charge < -0.3 is 45.2 Å². The molecule has 0 saturated heterocycles. The van der Waals surface area contributed by atoms with Gasteiger partial charge in [-0.1, -0.05) is 6.08 Å². The molecular weight excluding hydrogens is 424 g/mol. The Balaban J connectivity index is 1.69. The topological polar surface area (TPSA) is 177 Å². The summed E-state index contributed by atoms with van der Waals surface area (Å²) in [6.07, 6.45) is -0.364. The first kappa shape index (κ1) is 21.2. The van der Waals surface area contributed by atoms with Crippen LogP contribution in [0.15, 0.2) is 47.7 Å². The number of carbonyl (C=O) groups is 1. The molecule has 1 unspecified atom stereocenters. The zero-order valence-corrected chi connectivity index (χ0v) is 16.5. The zero-order valence-electron chi connectivity index (χ0n) is 16.5. The van der Waals surface area contributed by atoms with Crippen LogP contribution in [0.25, 0.3) is 0 Å². The minimum absolute atomic E-state index is 0.0119. The van der Waals surface area contributed by atoms with Crippen LogP contribution >= 0.6 is 0 Å². The van der Waals surface area contributed by atoms with Crippen LogP contribution in [0.4, 0.5) is 0 Å². The Morgan fingerprint density at radius 1 is 0.906 bits per heavy atom. The standard InChI is InChI=1S/C22H20O10/c23-11-6-14(25)12-8-19(32-22(30)10-4-16(27)20(29)17(28)5-10)21(31-18(12)7-11)9-1-2-13(24)15(26)3-9/h1-2,4-7,15,19,21,23-29H,3,8H2/t15?,19-,21-/m1/s1. The molecule has 3 atom stereocenters. The molecule has 4 rings (SSSR count). The number of aliphatic hydroxyl groups excluding tert-OH is 2. The molecule has 0 saturated carbocycles. The van der Waals surface area contributed by atoms with Gasteiger partial charge in [-0.05, 0) is 23.8 Å². The van der Waals surface area contributed by atoms with E-state index in [1.54, 1.807) is 0 Å². The van der Waals surface area contributed by atoms with Gasteiger partial charge in [-0.25, -0.2) is 4.79 Å². The average molecular weight is 444 g/mol. The number of rotatable bonds is 3. The van der Waals surface area contributed by atoms with Crippen LogP contribution in [0, 0.1) is 0 Å². The number of hydrogen-bond donors (Lipinski definition) is 7. The second kappa shape index (κ2) is 7.89. The van der Waals surface area contributed by atoms with Crippen LogP contribution in [-0.2, 0) is 11.2 Å². The van der Waals surface area contributed by atoms with Gasteiger partial charge >= 0.3 is 5.97 Å². The number of aromatic hydroxyl groups is 5. The third-order valence-electron chi connectivity index (χ3n) is 5.33. The smallest absolute Gasteiger partial charge is 0.338 e. The first-order valence-corrected chi connectivity index (χ1v) is 9.59. The lowest BCUT2D eigenvalue weighted by Gasteiger charge is -2.36. The van der Waals surface area contributed by atoms with Crippen LogP contribution in [0.3, 0.4) is 0 Å². The highest BCUT2D eigenvalue weighted by Crippen LogP contribution is 2.42. The summed E-state index contributed by atoms with van der Waals surface area (Å²) in [5, 5.41) is 68.5. The third kappa shape index (κ3) is 3.83. The molecule has 168 valence electrons. The molecule has 0 amide bonds. The molecule has 1 aliphatic heterocycles. The number of aliphatic hydroxyl groups is 2. The number of carbonyl (C=O) groups excluding carboxylic acids is 1. The Morgan fingerprint density at radius 2 is 1.59 bits per heavy atom. The Bertz CT molecular complexity index is 1130. The van der Waals surface area contributed by atoms with Gasteiger partial charge in [-0.3, -0.25) is 0 Å². The monoisotopic (exact) mass is 444 g/mol. The minimum atomic E-state index is -1.18. The maximum absolute atomic E-state index is 12.7. The van der Waals surface area contributed by atoms with E-state index in [1.807, 2.05) is 0 Å². The summed E-state index contributed by atoms with van der Waals surface area (Å²) in [7, 11) is 0. The molecule has 2 aromatic carbocycles. The van der Waals surface area contributed by atoms with Crippen molar-refractivity contribution in [3.63, 3.8) is 0 Å². The van der Waals surface area contributed by atoms with Crippen molar-refractivity contribution in [2.24, 2.45) is 0 Å². The van der Waals surface area contributed by atoms with E-state index in [1.165, 1.54) is 18.2 Å². The Hall–Kier alpha value is -4.05. The van der Waals surface area contributed by atoms with E-state index in [0.29, 0.717) is 5.57 Å². The van der Waals surface area contributed by atoms with Crippen molar-refractivity contribution in [1.29, 1.82) is 0 Å². The lowest BCUT2D eigenvalue weighted by atomic mass is 9.88. The lowest BCUT2D eigenvalue weighted by Crippen LogP contribution is -2.43. The van der Waals surface area contributed by atoms with Crippen LogP contribution in [0.5, 0.6) is 34.5 Å². The van der Waals surface area contributed by atoms with E-state index in [9.17, 15) is 40.5 Å². The van der Waals surface area contributed by atoms with Crippen molar-refractivity contribution in [2.75, 3.05) is 0 Å². The van der Waals surface area contributed by atoms with Crippen LogP contribution in [0.1, 0.15) is 22.3 Å². The Kier molecular flexibility index (Phi) is 5.23. The quantitative estimate of drug-likeness (QED) is 0.273. The number of benzene rings is 2. The van der Waals surface area contributed by atoms with Gasteiger partial charge in [0.25, 0.3) is 0 Å². The fourth-order valence-electron chi connectivity index (χ4n) is 3.70. The molecule has 2 aromatic rings. The fraction of sp³-hybridized carbons (Fsp3) is 0.227. The first-order valence-electron chi connectivity index (χ1n) is 9.59. The highest BCUT2D eigenvalue weighted by molar-refractivity contribution is 5.91. The predicted octanol–water partition coefficient (Wildman–Crippen LogP) is 1.88. The summed E-state index contributed by atoms with van der Waals surface area (Å²) >= 11 is 0. The van der Waals surface area contributed by atoms with E-state index in [4.69, 9.17) is 9.47 Å². The van der Waals surface area contributed by atoms with Crippen molar-refractivity contribution in [1.82, 2.24) is 0 Å². The van der Waals surface area contributed by atoms with Crippen molar-refractivity contribution < 1.29 is 50.0 Å². The number of hydrogen-bond acceptors (Lipinski definition) is 10. The van der Waals surface area contributed by atoms with Crippen LogP contribution in [0.2, 0.25) is 0 Å². The largest absolute Gasteiger partial charge is 0.510 e. The van der Waals surface area contributed by atoms with Gasteiger partial charge in [0, 0.05) is 30.5 Å². The Labute approximate surface area is 181 Å². The zero-order chi connectivity index (χ0) is 23.2. The van der Waals surface area contributed by atoms with Crippen molar-refractivity contribution in [3.8, 4) is 34.5 Å². The Morgan fingerprint density at radius 3 is 2.25 bits per heavy atom. The van der Waals surface area contributed by atoms with Crippen molar-refractivity contribution in [2.45, 2.75) is 31.2 Å². The summed E-state index contributed by atoms with van der Waals surface area (Å²) < 4.78 is 11.5. The van der Waals surface area contributed by atoms with E-state index in [0.717, 1.165) is 18.2 Å². The highest BCUT2D eigenvalue weighted by Gasteiger charge is 2.39. The molecule has 1 heterocycles. The molecule has 0 spiro atoms. The van der Waals surface area contributed by atoms with Gasteiger partial charge in [0.05, 0.1) is 5.56 Å². The first-order chi connectivity index (χ1) is 15.1. The van der Waals surface area contributed by atoms with Crippen molar-refractivity contribution in [3.05, 3.63) is 58.9 Å². The molecule has 0 aromatic heterocycles. The molecule has 1 aliphatic carbocycles. The lowest BCUT2D eigenvalue weighted by molar-refractivity contribution is -0.00954. The second-order valence-corrected chi connectivity index (χ2v) is 7.54. The number of esters is 1. The van der Waals surface area contributed by atoms with Gasteiger partial charge in [-0.15, -0.1) is 0 Å². The molecule has 0 bridgehead atoms. The highest BCUT2D eigenvalue weighted by atomic mass is 16.6. The molecular formula is C22H20O10. The molecule has 10 nitrogen and oxygen atoms in total. The van der Waals surface area contributed by atoms with Gasteiger partial charge in [-0.2, -0.15) is 0 Å². The molecule has 0 radical (unpaired) electrons. The molecule has 7 N–H and O–H groups in total. The SMILES string of the molecule is O=C(O[C@@H]1Cc2c(O)cc(O)cc2O[C@@H]1C1=CC=C(O)C(O)C1)c1cc(O)c(O)c(O)c1.